The molecule has 0 aromatic heterocycles. The highest BCUT2D eigenvalue weighted by Gasteiger charge is 2.31. The molecule has 2 atom stereocenters. The van der Waals surface area contributed by atoms with Gasteiger partial charge in [-0.2, -0.15) is 0 Å². The summed E-state index contributed by atoms with van der Waals surface area (Å²) in [5.74, 6) is 1.07. The Bertz CT molecular complexity index is 465. The van der Waals surface area contributed by atoms with E-state index in [9.17, 15) is 4.79 Å². The fourth-order valence-electron chi connectivity index (χ4n) is 2.83. The summed E-state index contributed by atoms with van der Waals surface area (Å²) in [5.41, 5.74) is 6.85. The van der Waals surface area contributed by atoms with Crippen molar-refractivity contribution in [2.24, 2.45) is 5.73 Å². The van der Waals surface area contributed by atoms with Crippen molar-refractivity contribution in [3.8, 4) is 5.75 Å². The number of likely N-dealkylation sites (tertiary alicyclic amines) is 1. The molecule has 0 radical (unpaired) electrons. The highest BCUT2D eigenvalue weighted by molar-refractivity contribution is 5.85. The van der Waals surface area contributed by atoms with E-state index in [2.05, 4.69) is 6.07 Å². The number of halogens is 1. The Kier molecular flexibility index (Phi) is 6.99. The second-order valence-electron chi connectivity index (χ2n) is 5.50. The van der Waals surface area contributed by atoms with Crippen molar-refractivity contribution in [2.45, 2.75) is 44.7 Å². The van der Waals surface area contributed by atoms with Crippen LogP contribution in [-0.2, 0) is 4.79 Å². The van der Waals surface area contributed by atoms with Crippen LogP contribution in [0.15, 0.2) is 24.3 Å². The molecular weight excluding hydrogens is 288 g/mol. The predicted octanol–water partition coefficient (Wildman–Crippen LogP) is 2.91. The third-order valence-corrected chi connectivity index (χ3v) is 3.88. The zero-order chi connectivity index (χ0) is 14.5. The summed E-state index contributed by atoms with van der Waals surface area (Å²) in [5, 5.41) is 0. The van der Waals surface area contributed by atoms with Gasteiger partial charge < -0.3 is 15.4 Å². The zero-order valence-corrected chi connectivity index (χ0v) is 13.6. The van der Waals surface area contributed by atoms with Gasteiger partial charge in [0.15, 0.2) is 0 Å². The number of hydrogen-bond acceptors (Lipinski definition) is 3. The smallest absolute Gasteiger partial charge is 0.223 e. The van der Waals surface area contributed by atoms with Crippen molar-refractivity contribution in [2.75, 3.05) is 13.7 Å². The minimum Gasteiger partial charge on any atom is -0.496 e. The number of amides is 1. The van der Waals surface area contributed by atoms with Crippen LogP contribution in [0.1, 0.15) is 44.2 Å². The van der Waals surface area contributed by atoms with Crippen LogP contribution in [0.5, 0.6) is 5.75 Å². The minimum absolute atomic E-state index is 0. The summed E-state index contributed by atoms with van der Waals surface area (Å²) >= 11 is 0. The van der Waals surface area contributed by atoms with Crippen molar-refractivity contribution < 1.29 is 9.53 Å². The minimum atomic E-state index is 0. The van der Waals surface area contributed by atoms with Crippen molar-refractivity contribution in [1.29, 1.82) is 0 Å². The van der Waals surface area contributed by atoms with Gasteiger partial charge in [0.25, 0.3) is 0 Å². The molecule has 1 amide bonds. The molecule has 5 heteroatoms. The lowest BCUT2D eigenvalue weighted by Gasteiger charge is -2.26. The van der Waals surface area contributed by atoms with Gasteiger partial charge in [0.1, 0.15) is 5.75 Å². The second-order valence-corrected chi connectivity index (χ2v) is 5.50. The van der Waals surface area contributed by atoms with E-state index >= 15 is 0 Å². The Morgan fingerprint density at radius 2 is 2.19 bits per heavy atom. The predicted molar refractivity (Wildman–Crippen MR) is 86.8 cm³/mol. The number of nitrogens with two attached hydrogens (primary N) is 1. The highest BCUT2D eigenvalue weighted by atomic mass is 35.5. The van der Waals surface area contributed by atoms with E-state index in [1.54, 1.807) is 7.11 Å². The normalized spacial score (nSPS) is 19.0. The molecule has 21 heavy (non-hydrogen) atoms. The topological polar surface area (TPSA) is 55.6 Å². The Labute approximate surface area is 133 Å². The van der Waals surface area contributed by atoms with E-state index in [0.29, 0.717) is 6.42 Å². The third kappa shape index (κ3) is 4.35. The molecule has 0 bridgehead atoms. The summed E-state index contributed by atoms with van der Waals surface area (Å²) in [7, 11) is 1.68. The van der Waals surface area contributed by atoms with Gasteiger partial charge in [0.2, 0.25) is 5.91 Å². The van der Waals surface area contributed by atoms with Gasteiger partial charge in [-0.3, -0.25) is 4.79 Å². The molecule has 0 aliphatic carbocycles. The number of carbonyl (C=O) groups excluding carboxylic acids is 1. The first kappa shape index (κ1) is 17.8. The molecule has 1 aliphatic rings. The number of rotatable bonds is 5. The lowest BCUT2D eigenvalue weighted by Crippen LogP contribution is -2.31. The molecule has 2 rings (SSSR count). The van der Waals surface area contributed by atoms with E-state index in [4.69, 9.17) is 10.5 Å². The molecule has 2 unspecified atom stereocenters. The molecule has 0 spiro atoms. The molecule has 118 valence electrons. The number of hydrogen-bond donors (Lipinski definition) is 1. The fraction of sp³-hybridized carbons (Fsp3) is 0.562. The number of methoxy groups -OCH3 is 1. The first-order valence-electron chi connectivity index (χ1n) is 7.31. The van der Waals surface area contributed by atoms with Crippen molar-refractivity contribution in [1.82, 2.24) is 4.90 Å². The van der Waals surface area contributed by atoms with Crippen LogP contribution in [-0.4, -0.2) is 30.5 Å². The summed E-state index contributed by atoms with van der Waals surface area (Å²) in [4.78, 5) is 14.3. The third-order valence-electron chi connectivity index (χ3n) is 3.88. The van der Waals surface area contributed by atoms with Gasteiger partial charge in [-0.1, -0.05) is 18.2 Å². The molecule has 1 aliphatic heterocycles. The maximum absolute atomic E-state index is 12.4. The monoisotopic (exact) mass is 312 g/mol. The Morgan fingerprint density at radius 1 is 1.48 bits per heavy atom. The number of carbonyl (C=O) groups is 1. The second kappa shape index (κ2) is 8.25. The molecule has 1 fully saturated rings. The average Bonchev–Trinajstić information content (AvgIpc) is 2.93. The number of ether oxygens (including phenoxy) is 1. The first-order chi connectivity index (χ1) is 9.63. The Hall–Kier alpha value is -1.26. The summed E-state index contributed by atoms with van der Waals surface area (Å²) < 4.78 is 5.43. The molecule has 1 heterocycles. The largest absolute Gasteiger partial charge is 0.496 e. The van der Waals surface area contributed by atoms with Crippen molar-refractivity contribution >= 4 is 18.3 Å². The highest BCUT2D eigenvalue weighted by Crippen LogP contribution is 2.37. The molecule has 1 aromatic carbocycles. The maximum Gasteiger partial charge on any atom is 0.223 e. The fourth-order valence-corrected chi connectivity index (χ4v) is 2.83. The lowest BCUT2D eigenvalue weighted by molar-refractivity contribution is -0.132. The first-order valence-corrected chi connectivity index (χ1v) is 7.31. The number of benzene rings is 1. The van der Waals surface area contributed by atoms with Gasteiger partial charge in [-0.05, 0) is 32.3 Å². The van der Waals surface area contributed by atoms with Crippen LogP contribution in [0.2, 0.25) is 0 Å². The standard InChI is InChI=1S/C16H24N2O2.ClH/c1-12(17)9-10-16(19)18-11-5-7-14(18)13-6-3-4-8-15(13)20-2;/h3-4,6,8,12,14H,5,7,9-11,17H2,1-2H3;1H. The van der Waals surface area contributed by atoms with E-state index in [-0.39, 0.29) is 30.4 Å². The van der Waals surface area contributed by atoms with E-state index < -0.39 is 0 Å². The summed E-state index contributed by atoms with van der Waals surface area (Å²) in [6.07, 6.45) is 3.33. The quantitative estimate of drug-likeness (QED) is 0.909. The molecule has 2 N–H and O–H groups in total. The Morgan fingerprint density at radius 3 is 2.86 bits per heavy atom. The summed E-state index contributed by atoms with van der Waals surface area (Å²) in [6.45, 7) is 2.77. The molecule has 4 nitrogen and oxygen atoms in total. The van der Waals surface area contributed by atoms with Crippen LogP contribution in [0.3, 0.4) is 0 Å². The molecule has 1 saturated heterocycles. The van der Waals surface area contributed by atoms with Crippen LogP contribution in [0.4, 0.5) is 0 Å². The van der Waals surface area contributed by atoms with Crippen LogP contribution < -0.4 is 10.5 Å². The van der Waals surface area contributed by atoms with E-state index in [1.807, 2.05) is 30.0 Å². The molecule has 1 aromatic rings. The van der Waals surface area contributed by atoms with Gasteiger partial charge in [-0.15, -0.1) is 12.4 Å². The van der Waals surface area contributed by atoms with Crippen molar-refractivity contribution in [3.05, 3.63) is 29.8 Å². The maximum atomic E-state index is 12.4. The Balaban J connectivity index is 0.00000220. The van der Waals surface area contributed by atoms with E-state index in [0.717, 1.165) is 37.1 Å². The van der Waals surface area contributed by atoms with Gasteiger partial charge >= 0.3 is 0 Å². The number of para-hydroxylation sites is 1. The zero-order valence-electron chi connectivity index (χ0n) is 12.7. The van der Waals surface area contributed by atoms with Crippen LogP contribution in [0.25, 0.3) is 0 Å². The summed E-state index contributed by atoms with van der Waals surface area (Å²) in [6, 6.07) is 8.19. The molecular formula is C16H25ClN2O2. The molecule has 0 saturated carbocycles. The van der Waals surface area contributed by atoms with Crippen molar-refractivity contribution in [3.63, 3.8) is 0 Å². The average molecular weight is 313 g/mol. The van der Waals surface area contributed by atoms with Crippen LogP contribution in [0, 0.1) is 0 Å². The van der Waals surface area contributed by atoms with Gasteiger partial charge in [-0.25, -0.2) is 0 Å². The van der Waals surface area contributed by atoms with Gasteiger partial charge in [0, 0.05) is 24.6 Å². The lowest BCUT2D eigenvalue weighted by atomic mass is 10.0. The van der Waals surface area contributed by atoms with Gasteiger partial charge in [0.05, 0.1) is 13.2 Å². The number of nitrogens with zero attached hydrogens (tertiary/aromatic N) is 1. The SMILES string of the molecule is COc1ccccc1C1CCCN1C(=O)CCC(C)N.Cl. The van der Waals surface area contributed by atoms with Crippen LogP contribution >= 0.6 is 12.4 Å². The van der Waals surface area contributed by atoms with E-state index in [1.165, 1.54) is 0 Å².